The standard InChI is InChI=1S/C29H33ClN4O10/c1-6-41-24(36)15-44-27-19(30)10-17(11-22(27)40-5)13-31-34-23(35)14-43-20-9-8-18(12-21(20)39-4)26-25(28(37)42-7-2)16(3)32-29(38)33-26/h8-13,26H,6-7,14-15H2,1-5H3,(H,34,35)(H2,32,33,38)/b31-13-/t26-/m1/s1. The molecule has 0 aromatic heterocycles. The molecular formula is C29H33ClN4O10. The van der Waals surface area contributed by atoms with Gasteiger partial charge in [-0.25, -0.2) is 19.8 Å². The van der Waals surface area contributed by atoms with E-state index >= 15 is 0 Å². The van der Waals surface area contributed by atoms with Gasteiger partial charge in [0, 0.05) is 5.70 Å². The lowest BCUT2D eigenvalue weighted by Gasteiger charge is -2.28. The minimum atomic E-state index is -0.797. The van der Waals surface area contributed by atoms with Gasteiger partial charge in [0.05, 0.1) is 50.3 Å². The number of esters is 2. The van der Waals surface area contributed by atoms with E-state index < -0.39 is 36.5 Å². The van der Waals surface area contributed by atoms with E-state index in [1.54, 1.807) is 45.0 Å². The van der Waals surface area contributed by atoms with E-state index in [-0.39, 0.29) is 53.4 Å². The van der Waals surface area contributed by atoms with Crippen LogP contribution in [-0.2, 0) is 23.9 Å². The minimum absolute atomic E-state index is 0.155. The van der Waals surface area contributed by atoms with Gasteiger partial charge in [-0.05, 0) is 56.2 Å². The number of urea groups is 1. The molecule has 0 fully saturated rings. The Kier molecular flexibility index (Phi) is 12.2. The average molecular weight is 633 g/mol. The monoisotopic (exact) mass is 632 g/mol. The van der Waals surface area contributed by atoms with Gasteiger partial charge in [-0.15, -0.1) is 0 Å². The Hall–Kier alpha value is -4.98. The van der Waals surface area contributed by atoms with Gasteiger partial charge >= 0.3 is 18.0 Å². The number of hydrogen-bond donors (Lipinski definition) is 3. The number of hydrogen-bond acceptors (Lipinski definition) is 11. The lowest BCUT2D eigenvalue weighted by molar-refractivity contribution is -0.145. The number of ether oxygens (including phenoxy) is 6. The van der Waals surface area contributed by atoms with Crippen LogP contribution in [0.5, 0.6) is 23.0 Å². The van der Waals surface area contributed by atoms with E-state index in [1.807, 2.05) is 0 Å². The average Bonchev–Trinajstić information content (AvgIpc) is 2.98. The summed E-state index contributed by atoms with van der Waals surface area (Å²) >= 11 is 6.29. The number of benzene rings is 2. The molecule has 1 atom stereocenters. The molecule has 1 aliphatic rings. The molecule has 14 nitrogen and oxygen atoms in total. The predicted molar refractivity (Wildman–Crippen MR) is 158 cm³/mol. The van der Waals surface area contributed by atoms with E-state index in [2.05, 4.69) is 21.2 Å². The maximum absolute atomic E-state index is 12.6. The number of halogens is 1. The van der Waals surface area contributed by atoms with Crippen LogP contribution >= 0.6 is 11.6 Å². The fourth-order valence-electron chi connectivity index (χ4n) is 4.05. The van der Waals surface area contributed by atoms with Crippen molar-refractivity contribution in [3.05, 3.63) is 57.8 Å². The Morgan fingerprint density at radius 2 is 1.70 bits per heavy atom. The minimum Gasteiger partial charge on any atom is -0.493 e. The highest BCUT2D eigenvalue weighted by atomic mass is 35.5. The van der Waals surface area contributed by atoms with Crippen LogP contribution in [-0.4, -0.2) is 70.7 Å². The lowest BCUT2D eigenvalue weighted by atomic mass is 9.95. The lowest BCUT2D eigenvalue weighted by Crippen LogP contribution is -2.45. The SMILES string of the molecule is CCOC(=O)COc1c(Cl)cc(/C=N\NC(=O)COc2ccc([C@H]3NC(=O)NC(C)=C3C(=O)OCC)cc2OC)cc1OC. The van der Waals surface area contributed by atoms with E-state index in [0.717, 1.165) is 0 Å². The Morgan fingerprint density at radius 1 is 0.977 bits per heavy atom. The molecular weight excluding hydrogens is 600 g/mol. The smallest absolute Gasteiger partial charge is 0.344 e. The van der Waals surface area contributed by atoms with Crippen molar-refractivity contribution in [1.29, 1.82) is 0 Å². The number of hydrazone groups is 1. The first-order valence-electron chi connectivity index (χ1n) is 13.4. The maximum atomic E-state index is 12.6. The van der Waals surface area contributed by atoms with Gasteiger partial charge in [0.2, 0.25) is 0 Å². The van der Waals surface area contributed by atoms with Crippen molar-refractivity contribution in [2.24, 2.45) is 5.10 Å². The van der Waals surface area contributed by atoms with Crippen molar-refractivity contribution < 1.29 is 47.6 Å². The number of allylic oxidation sites excluding steroid dienone is 1. The van der Waals surface area contributed by atoms with Gasteiger partial charge in [-0.1, -0.05) is 17.7 Å². The van der Waals surface area contributed by atoms with Crippen molar-refractivity contribution in [2.75, 3.05) is 40.6 Å². The topological polar surface area (TPSA) is 172 Å². The second-order valence-corrected chi connectivity index (χ2v) is 9.32. The Labute approximate surface area is 258 Å². The van der Waals surface area contributed by atoms with Gasteiger partial charge in [0.1, 0.15) is 0 Å². The van der Waals surface area contributed by atoms with Crippen LogP contribution in [0.25, 0.3) is 0 Å². The quantitative estimate of drug-likeness (QED) is 0.160. The Balaban J connectivity index is 1.64. The van der Waals surface area contributed by atoms with Gasteiger partial charge in [-0.3, -0.25) is 4.79 Å². The van der Waals surface area contributed by atoms with Crippen molar-refractivity contribution in [3.8, 4) is 23.0 Å². The molecule has 3 amide bonds. The number of rotatable bonds is 14. The van der Waals surface area contributed by atoms with Crippen molar-refractivity contribution >= 4 is 41.7 Å². The number of nitrogens with zero attached hydrogens (tertiary/aromatic N) is 1. The summed E-state index contributed by atoms with van der Waals surface area (Å²) < 4.78 is 31.7. The highest BCUT2D eigenvalue weighted by molar-refractivity contribution is 6.32. The summed E-state index contributed by atoms with van der Waals surface area (Å²) in [6, 6.07) is 6.57. The molecule has 2 aromatic carbocycles. The Bertz CT molecular complexity index is 1460. The molecule has 3 N–H and O–H groups in total. The highest BCUT2D eigenvalue weighted by Crippen LogP contribution is 2.36. The zero-order valence-electron chi connectivity index (χ0n) is 24.8. The van der Waals surface area contributed by atoms with Crippen molar-refractivity contribution in [1.82, 2.24) is 16.1 Å². The third-order valence-electron chi connectivity index (χ3n) is 5.94. The molecule has 0 unspecified atom stereocenters. The number of carbonyl (C=O) groups excluding carboxylic acids is 4. The maximum Gasteiger partial charge on any atom is 0.344 e. The molecule has 1 heterocycles. The number of amides is 3. The number of nitrogens with one attached hydrogen (secondary N) is 3. The third-order valence-corrected chi connectivity index (χ3v) is 6.22. The van der Waals surface area contributed by atoms with E-state index in [4.69, 9.17) is 40.0 Å². The van der Waals surface area contributed by atoms with Crippen LogP contribution in [0, 0.1) is 0 Å². The summed E-state index contributed by atoms with van der Waals surface area (Å²) in [5, 5.41) is 9.35. The second-order valence-electron chi connectivity index (χ2n) is 8.91. The molecule has 3 rings (SSSR count). The van der Waals surface area contributed by atoms with Gasteiger partial charge < -0.3 is 39.1 Å². The molecule has 0 bridgehead atoms. The van der Waals surface area contributed by atoms with E-state index in [0.29, 0.717) is 16.8 Å². The first-order chi connectivity index (χ1) is 21.1. The van der Waals surface area contributed by atoms with Crippen LogP contribution in [0.15, 0.2) is 46.7 Å². The first kappa shape index (κ1) is 33.5. The molecule has 0 radical (unpaired) electrons. The normalized spacial score (nSPS) is 14.3. The van der Waals surface area contributed by atoms with Gasteiger partial charge in [0.15, 0.2) is 36.2 Å². The summed E-state index contributed by atoms with van der Waals surface area (Å²) in [6.45, 7) is 4.61. The summed E-state index contributed by atoms with van der Waals surface area (Å²) in [5.41, 5.74) is 3.97. The van der Waals surface area contributed by atoms with Crippen molar-refractivity contribution in [3.63, 3.8) is 0 Å². The van der Waals surface area contributed by atoms with Gasteiger partial charge in [-0.2, -0.15) is 5.10 Å². The summed E-state index contributed by atoms with van der Waals surface area (Å²) in [6.07, 6.45) is 1.33. The molecule has 236 valence electrons. The Morgan fingerprint density at radius 3 is 2.39 bits per heavy atom. The van der Waals surface area contributed by atoms with Crippen molar-refractivity contribution in [2.45, 2.75) is 26.8 Å². The third kappa shape index (κ3) is 8.77. The summed E-state index contributed by atoms with van der Waals surface area (Å²) in [5.74, 6) is -0.796. The van der Waals surface area contributed by atoms with Crippen LogP contribution in [0.2, 0.25) is 5.02 Å². The second kappa shape index (κ2) is 16.0. The molecule has 0 aliphatic carbocycles. The first-order valence-corrected chi connectivity index (χ1v) is 13.7. The fourth-order valence-corrected chi connectivity index (χ4v) is 4.32. The van der Waals surface area contributed by atoms with Crippen LogP contribution < -0.4 is 35.0 Å². The summed E-state index contributed by atoms with van der Waals surface area (Å²) in [4.78, 5) is 48.7. The van der Waals surface area contributed by atoms with Crippen LogP contribution in [0.1, 0.15) is 37.9 Å². The molecule has 1 aliphatic heterocycles. The molecule has 0 saturated heterocycles. The molecule has 0 saturated carbocycles. The molecule has 15 heteroatoms. The molecule has 2 aromatic rings. The van der Waals surface area contributed by atoms with E-state index in [1.165, 1.54) is 26.5 Å². The van der Waals surface area contributed by atoms with Crippen LogP contribution in [0.3, 0.4) is 0 Å². The zero-order chi connectivity index (χ0) is 32.2. The largest absolute Gasteiger partial charge is 0.493 e. The fraction of sp³-hybridized carbons (Fsp3) is 0.345. The molecule has 0 spiro atoms. The van der Waals surface area contributed by atoms with E-state index in [9.17, 15) is 19.2 Å². The van der Waals surface area contributed by atoms with Crippen LogP contribution in [0.4, 0.5) is 4.79 Å². The number of methoxy groups -OCH3 is 2. The molecule has 44 heavy (non-hydrogen) atoms. The summed E-state index contributed by atoms with van der Waals surface area (Å²) in [7, 11) is 2.82. The van der Waals surface area contributed by atoms with Gasteiger partial charge in [0.25, 0.3) is 5.91 Å². The highest BCUT2D eigenvalue weighted by Gasteiger charge is 2.32. The predicted octanol–water partition coefficient (Wildman–Crippen LogP) is 3.02. The zero-order valence-corrected chi connectivity index (χ0v) is 25.5. The number of carbonyl (C=O) groups is 4.